The van der Waals surface area contributed by atoms with Gasteiger partial charge in [0.15, 0.2) is 0 Å². The molecule has 0 aliphatic carbocycles. The molecule has 19 heavy (non-hydrogen) atoms. The highest BCUT2D eigenvalue weighted by Gasteiger charge is 2.19. The molecule has 0 aromatic carbocycles. The number of unbranched alkanes of at least 4 members (excludes halogenated alkanes) is 1. The predicted octanol–water partition coefficient (Wildman–Crippen LogP) is 2.77. The number of esters is 1. The lowest BCUT2D eigenvalue weighted by atomic mass is 10.1. The number of carbonyl (C=O) groups is 2. The summed E-state index contributed by atoms with van der Waals surface area (Å²) in [5.41, 5.74) is 0. The summed E-state index contributed by atoms with van der Waals surface area (Å²) in [6.07, 6.45) is 5.53. The van der Waals surface area contributed by atoms with Crippen molar-refractivity contribution in [3.8, 4) is 0 Å². The average Bonchev–Trinajstić information content (AvgIpc) is 2.93. The van der Waals surface area contributed by atoms with Crippen LogP contribution in [0, 0.1) is 0 Å². The summed E-state index contributed by atoms with van der Waals surface area (Å²) >= 11 is 0. The predicted molar refractivity (Wildman–Crippen MR) is 81.2 cm³/mol. The molecule has 0 aromatic heterocycles. The van der Waals surface area contributed by atoms with Crippen LogP contribution in [0.3, 0.4) is 0 Å². The number of carbonyl (C=O) groups excluding carboxylic acids is 2. The van der Waals surface area contributed by atoms with Crippen molar-refractivity contribution in [2.45, 2.75) is 56.7 Å². The maximum Gasteiger partial charge on any atom is 0.328 e. The number of nitrogens with one attached hydrogen (secondary N) is 1. The van der Waals surface area contributed by atoms with Gasteiger partial charge in [0.05, 0.1) is 7.11 Å². The molecule has 1 amide bonds. The van der Waals surface area contributed by atoms with E-state index >= 15 is 0 Å². The molecule has 110 valence electrons. The van der Waals surface area contributed by atoms with E-state index in [9.17, 15) is 9.59 Å². The number of hydrogen-bond acceptors (Lipinski definition) is 5. The Morgan fingerprint density at radius 2 is 2.21 bits per heavy atom. The van der Waals surface area contributed by atoms with Crippen LogP contribution < -0.4 is 5.32 Å². The zero-order valence-electron chi connectivity index (χ0n) is 11.6. The molecule has 0 bridgehead atoms. The summed E-state index contributed by atoms with van der Waals surface area (Å²) in [6, 6.07) is -0.501. The Morgan fingerprint density at radius 1 is 1.42 bits per heavy atom. The second-order valence-electron chi connectivity index (χ2n) is 4.63. The van der Waals surface area contributed by atoms with Crippen molar-refractivity contribution in [3.63, 3.8) is 0 Å². The molecule has 1 heterocycles. The van der Waals surface area contributed by atoms with Crippen molar-refractivity contribution in [1.82, 2.24) is 5.32 Å². The number of methoxy groups -OCH3 is 1. The third-order valence-corrected chi connectivity index (χ3v) is 6.14. The van der Waals surface area contributed by atoms with Gasteiger partial charge in [-0.25, -0.2) is 4.79 Å². The van der Waals surface area contributed by atoms with Crippen LogP contribution in [-0.4, -0.2) is 36.0 Å². The molecule has 1 fully saturated rings. The Bertz CT molecular complexity index is 294. The fourth-order valence-corrected chi connectivity index (χ4v) is 4.99. The lowest BCUT2D eigenvalue weighted by Crippen LogP contribution is -2.40. The summed E-state index contributed by atoms with van der Waals surface area (Å²) in [6.45, 7) is 1.86. The average molecular weight is 305 g/mol. The van der Waals surface area contributed by atoms with E-state index in [1.54, 1.807) is 0 Å². The van der Waals surface area contributed by atoms with Crippen molar-refractivity contribution in [3.05, 3.63) is 0 Å². The van der Waals surface area contributed by atoms with Crippen LogP contribution in [0.25, 0.3) is 0 Å². The Balaban J connectivity index is 2.10. The smallest absolute Gasteiger partial charge is 0.328 e. The van der Waals surface area contributed by atoms with Crippen LogP contribution in [0.15, 0.2) is 0 Å². The number of ether oxygens (including phenoxy) is 1. The fourth-order valence-electron chi connectivity index (χ4n) is 1.96. The van der Waals surface area contributed by atoms with E-state index in [0.29, 0.717) is 12.8 Å². The molecule has 2 atom stereocenters. The van der Waals surface area contributed by atoms with E-state index in [1.165, 1.54) is 25.7 Å². The monoisotopic (exact) mass is 305 g/mol. The SMILES string of the molecule is CCC(NC(=O)CCCCC1CCSS1)C(=O)OC. The molecule has 1 aliphatic heterocycles. The molecule has 0 spiro atoms. The molecular weight excluding hydrogens is 282 g/mol. The minimum Gasteiger partial charge on any atom is -0.467 e. The zero-order chi connectivity index (χ0) is 14.1. The molecule has 0 radical (unpaired) electrons. The summed E-state index contributed by atoms with van der Waals surface area (Å²) in [4.78, 5) is 23.0. The van der Waals surface area contributed by atoms with Gasteiger partial charge in [-0.1, -0.05) is 34.9 Å². The molecule has 1 N–H and O–H groups in total. The fraction of sp³-hybridized carbons (Fsp3) is 0.846. The van der Waals surface area contributed by atoms with Crippen LogP contribution >= 0.6 is 21.6 Å². The third kappa shape index (κ3) is 6.56. The summed E-state index contributed by atoms with van der Waals surface area (Å²) in [7, 11) is 5.27. The van der Waals surface area contributed by atoms with Crippen molar-refractivity contribution in [2.75, 3.05) is 12.9 Å². The van der Waals surface area contributed by atoms with Gasteiger partial charge in [0, 0.05) is 17.4 Å². The minimum atomic E-state index is -0.501. The van der Waals surface area contributed by atoms with Gasteiger partial charge in [-0.3, -0.25) is 4.79 Å². The Labute approximate surface area is 123 Å². The maximum absolute atomic E-state index is 11.7. The van der Waals surface area contributed by atoms with Gasteiger partial charge < -0.3 is 10.1 Å². The standard InChI is InChI=1S/C13H23NO3S2/c1-3-11(13(16)17-2)14-12(15)7-5-4-6-10-8-9-18-19-10/h10-11H,3-9H2,1-2H3,(H,14,15). The molecule has 4 nitrogen and oxygen atoms in total. The summed E-state index contributed by atoms with van der Waals surface area (Å²) in [5, 5.41) is 3.49. The van der Waals surface area contributed by atoms with Crippen LogP contribution in [0.2, 0.25) is 0 Å². The zero-order valence-corrected chi connectivity index (χ0v) is 13.3. The number of amides is 1. The van der Waals surface area contributed by atoms with E-state index in [4.69, 9.17) is 0 Å². The Morgan fingerprint density at radius 3 is 2.79 bits per heavy atom. The first kappa shape index (κ1) is 16.7. The largest absolute Gasteiger partial charge is 0.467 e. The summed E-state index contributed by atoms with van der Waals surface area (Å²) < 4.78 is 4.64. The molecule has 1 rings (SSSR count). The molecule has 1 aliphatic rings. The van der Waals surface area contributed by atoms with Gasteiger partial charge >= 0.3 is 5.97 Å². The summed E-state index contributed by atoms with van der Waals surface area (Å²) in [5.74, 6) is 0.841. The molecule has 2 unspecified atom stereocenters. The van der Waals surface area contributed by atoms with Gasteiger partial charge in [-0.2, -0.15) is 0 Å². The van der Waals surface area contributed by atoms with Gasteiger partial charge in [-0.15, -0.1) is 0 Å². The van der Waals surface area contributed by atoms with Crippen molar-refractivity contribution < 1.29 is 14.3 Å². The maximum atomic E-state index is 11.7. The van der Waals surface area contributed by atoms with E-state index in [2.05, 4.69) is 10.1 Å². The van der Waals surface area contributed by atoms with E-state index < -0.39 is 6.04 Å². The third-order valence-electron chi connectivity index (χ3n) is 3.14. The Hall–Kier alpha value is -0.360. The topological polar surface area (TPSA) is 55.4 Å². The first-order valence-corrected chi connectivity index (χ1v) is 9.21. The van der Waals surface area contributed by atoms with Gasteiger partial charge in [-0.05, 0) is 25.7 Å². The van der Waals surface area contributed by atoms with Gasteiger partial charge in [0.25, 0.3) is 0 Å². The van der Waals surface area contributed by atoms with E-state index in [-0.39, 0.29) is 11.9 Å². The van der Waals surface area contributed by atoms with Crippen molar-refractivity contribution in [1.29, 1.82) is 0 Å². The second-order valence-corrected chi connectivity index (χ2v) is 7.41. The first-order valence-electron chi connectivity index (χ1n) is 6.82. The van der Waals surface area contributed by atoms with Crippen LogP contribution in [0.5, 0.6) is 0 Å². The van der Waals surface area contributed by atoms with Gasteiger partial charge in [0.2, 0.25) is 5.91 Å². The highest BCUT2D eigenvalue weighted by molar-refractivity contribution is 8.77. The molecular formula is C13H23NO3S2. The van der Waals surface area contributed by atoms with E-state index in [0.717, 1.165) is 18.1 Å². The minimum absolute atomic E-state index is 0.0503. The Kier molecular flexibility index (Phi) is 8.37. The molecule has 6 heteroatoms. The molecule has 0 aromatic rings. The van der Waals surface area contributed by atoms with Crippen LogP contribution in [0.1, 0.15) is 45.4 Å². The molecule has 0 saturated carbocycles. The number of hydrogen-bond donors (Lipinski definition) is 1. The second kappa shape index (κ2) is 9.53. The van der Waals surface area contributed by atoms with Crippen molar-refractivity contribution in [2.24, 2.45) is 0 Å². The highest BCUT2D eigenvalue weighted by atomic mass is 33.1. The van der Waals surface area contributed by atoms with Gasteiger partial charge in [0.1, 0.15) is 6.04 Å². The van der Waals surface area contributed by atoms with Crippen LogP contribution in [0.4, 0.5) is 0 Å². The lowest BCUT2D eigenvalue weighted by Gasteiger charge is -2.14. The quantitative estimate of drug-likeness (QED) is 0.424. The van der Waals surface area contributed by atoms with E-state index in [1.807, 2.05) is 28.5 Å². The normalized spacial score (nSPS) is 20.0. The molecule has 1 saturated heterocycles. The van der Waals surface area contributed by atoms with Crippen LogP contribution in [-0.2, 0) is 14.3 Å². The lowest BCUT2D eigenvalue weighted by molar-refractivity contribution is -0.145. The highest BCUT2D eigenvalue weighted by Crippen LogP contribution is 2.39. The number of rotatable bonds is 8. The first-order chi connectivity index (χ1) is 9.17. The van der Waals surface area contributed by atoms with Crippen molar-refractivity contribution >= 4 is 33.5 Å².